The molecule has 0 radical (unpaired) electrons. The Hall–Kier alpha value is -2.03. The number of alkyl halides is 3. The molecule has 0 aliphatic carbocycles. The van der Waals surface area contributed by atoms with E-state index >= 15 is 0 Å². The van der Waals surface area contributed by atoms with Crippen LogP contribution in [0, 0.1) is 13.8 Å². The first-order chi connectivity index (χ1) is 11.2. The summed E-state index contributed by atoms with van der Waals surface area (Å²) in [5, 5.41) is 6.93. The Bertz CT molecular complexity index is 727. The fourth-order valence-corrected chi connectivity index (χ4v) is 2.31. The van der Waals surface area contributed by atoms with E-state index in [1.165, 1.54) is 24.3 Å². The van der Waals surface area contributed by atoms with E-state index in [0.717, 1.165) is 15.9 Å². The Labute approximate surface area is 144 Å². The SMILES string of the molecule is Cc1nn(CC(=O)NCc2ccc(OC(F)(F)F)cc2)c(C)c1Br. The number of ether oxygens (including phenoxy) is 1. The predicted molar refractivity (Wildman–Crippen MR) is 84.4 cm³/mol. The van der Waals surface area contributed by atoms with Gasteiger partial charge < -0.3 is 10.1 Å². The summed E-state index contributed by atoms with van der Waals surface area (Å²) in [6.45, 7) is 3.94. The Morgan fingerprint density at radius 2 is 1.92 bits per heavy atom. The molecule has 1 aromatic carbocycles. The van der Waals surface area contributed by atoms with Gasteiger partial charge in [-0.15, -0.1) is 13.2 Å². The summed E-state index contributed by atoms with van der Waals surface area (Å²) in [5.41, 5.74) is 2.30. The van der Waals surface area contributed by atoms with Crippen LogP contribution in [-0.2, 0) is 17.9 Å². The fraction of sp³-hybridized carbons (Fsp3) is 0.333. The molecular formula is C15H15BrF3N3O2. The van der Waals surface area contributed by atoms with Gasteiger partial charge in [0.2, 0.25) is 5.91 Å². The lowest BCUT2D eigenvalue weighted by Crippen LogP contribution is -2.28. The smallest absolute Gasteiger partial charge is 0.406 e. The third-order valence-electron chi connectivity index (χ3n) is 3.23. The van der Waals surface area contributed by atoms with Crippen LogP contribution in [0.25, 0.3) is 0 Å². The summed E-state index contributed by atoms with van der Waals surface area (Å²) in [6, 6.07) is 5.32. The van der Waals surface area contributed by atoms with Gasteiger partial charge in [0.15, 0.2) is 0 Å². The molecule has 0 unspecified atom stereocenters. The molecule has 0 aliphatic rings. The lowest BCUT2D eigenvalue weighted by molar-refractivity contribution is -0.274. The Morgan fingerprint density at radius 1 is 1.29 bits per heavy atom. The molecule has 24 heavy (non-hydrogen) atoms. The number of benzene rings is 1. The molecule has 0 saturated heterocycles. The van der Waals surface area contributed by atoms with Gasteiger partial charge in [-0.05, 0) is 47.5 Å². The van der Waals surface area contributed by atoms with Crippen molar-refractivity contribution >= 4 is 21.8 Å². The number of rotatable bonds is 5. The molecule has 0 atom stereocenters. The first-order valence-corrected chi connectivity index (χ1v) is 7.76. The van der Waals surface area contributed by atoms with Crippen molar-refractivity contribution in [2.75, 3.05) is 0 Å². The van der Waals surface area contributed by atoms with E-state index in [1.54, 1.807) is 4.68 Å². The van der Waals surface area contributed by atoms with Gasteiger partial charge in [0.05, 0.1) is 15.9 Å². The summed E-state index contributed by atoms with van der Waals surface area (Å²) in [4.78, 5) is 12.0. The first-order valence-electron chi connectivity index (χ1n) is 6.96. The van der Waals surface area contributed by atoms with Crippen molar-refractivity contribution < 1.29 is 22.7 Å². The van der Waals surface area contributed by atoms with E-state index in [9.17, 15) is 18.0 Å². The normalized spacial score (nSPS) is 11.4. The topological polar surface area (TPSA) is 56.2 Å². The minimum absolute atomic E-state index is 0.0630. The van der Waals surface area contributed by atoms with E-state index in [1.807, 2.05) is 13.8 Å². The van der Waals surface area contributed by atoms with Gasteiger partial charge in [-0.25, -0.2) is 0 Å². The zero-order chi connectivity index (χ0) is 17.9. The molecule has 2 aromatic rings. The molecule has 0 saturated carbocycles. The molecular weight excluding hydrogens is 391 g/mol. The van der Waals surface area contributed by atoms with Crippen LogP contribution >= 0.6 is 15.9 Å². The van der Waals surface area contributed by atoms with E-state index in [4.69, 9.17) is 0 Å². The van der Waals surface area contributed by atoms with Gasteiger partial charge in [-0.2, -0.15) is 5.10 Å². The second kappa shape index (κ2) is 7.25. The van der Waals surface area contributed by atoms with E-state index < -0.39 is 6.36 Å². The summed E-state index contributed by atoms with van der Waals surface area (Å²) < 4.78 is 42.4. The Morgan fingerprint density at radius 3 is 2.42 bits per heavy atom. The third kappa shape index (κ3) is 4.98. The van der Waals surface area contributed by atoms with Crippen LogP contribution in [0.1, 0.15) is 17.0 Å². The number of hydrogen-bond acceptors (Lipinski definition) is 3. The van der Waals surface area contributed by atoms with Crippen molar-refractivity contribution in [2.45, 2.75) is 33.3 Å². The number of hydrogen-bond donors (Lipinski definition) is 1. The largest absolute Gasteiger partial charge is 0.573 e. The standard InChI is InChI=1S/C15H15BrF3N3O2/c1-9-14(16)10(2)22(21-9)8-13(23)20-7-11-3-5-12(6-4-11)24-15(17,18)19/h3-6H,7-8H2,1-2H3,(H,20,23). The minimum atomic E-state index is -4.72. The van der Waals surface area contributed by atoms with E-state index in [2.05, 4.69) is 31.1 Å². The number of nitrogens with zero attached hydrogens (tertiary/aromatic N) is 2. The second-order valence-electron chi connectivity index (χ2n) is 5.11. The molecule has 1 aromatic heterocycles. The fourth-order valence-electron chi connectivity index (χ4n) is 2.03. The van der Waals surface area contributed by atoms with Gasteiger partial charge in [-0.1, -0.05) is 12.1 Å². The van der Waals surface area contributed by atoms with Gasteiger partial charge in [0.25, 0.3) is 0 Å². The lowest BCUT2D eigenvalue weighted by atomic mass is 10.2. The number of carbonyl (C=O) groups excluding carboxylic acids is 1. The zero-order valence-corrected chi connectivity index (χ0v) is 14.5. The summed E-state index contributed by atoms with van der Waals surface area (Å²) in [5.74, 6) is -0.547. The number of aryl methyl sites for hydroxylation is 1. The molecule has 0 bridgehead atoms. The Balaban J connectivity index is 1.88. The predicted octanol–water partition coefficient (Wildman–Crippen LogP) is 3.48. The molecule has 1 amide bonds. The van der Waals surface area contributed by atoms with Crippen LogP contribution in [0.15, 0.2) is 28.7 Å². The molecule has 0 fully saturated rings. The number of aromatic nitrogens is 2. The average Bonchev–Trinajstić information content (AvgIpc) is 2.72. The number of halogens is 4. The van der Waals surface area contributed by atoms with Crippen molar-refractivity contribution in [2.24, 2.45) is 0 Å². The van der Waals surface area contributed by atoms with Crippen molar-refractivity contribution in [3.05, 3.63) is 45.7 Å². The van der Waals surface area contributed by atoms with Crippen LogP contribution in [0.2, 0.25) is 0 Å². The lowest BCUT2D eigenvalue weighted by Gasteiger charge is -2.10. The quantitative estimate of drug-likeness (QED) is 0.828. The maximum Gasteiger partial charge on any atom is 0.573 e. The molecule has 2 rings (SSSR count). The maximum absolute atomic E-state index is 12.1. The molecule has 9 heteroatoms. The zero-order valence-electron chi connectivity index (χ0n) is 12.9. The van der Waals surface area contributed by atoms with Gasteiger partial charge in [0.1, 0.15) is 12.3 Å². The summed E-state index contributed by atoms with van der Waals surface area (Å²) >= 11 is 3.39. The monoisotopic (exact) mass is 405 g/mol. The average molecular weight is 406 g/mol. The molecule has 1 heterocycles. The van der Waals surface area contributed by atoms with Gasteiger partial charge in [-0.3, -0.25) is 9.48 Å². The minimum Gasteiger partial charge on any atom is -0.406 e. The van der Waals surface area contributed by atoms with Gasteiger partial charge in [0, 0.05) is 6.54 Å². The van der Waals surface area contributed by atoms with Crippen LogP contribution in [-0.4, -0.2) is 22.1 Å². The van der Waals surface area contributed by atoms with Crippen molar-refractivity contribution in [1.29, 1.82) is 0 Å². The van der Waals surface area contributed by atoms with Crippen LogP contribution < -0.4 is 10.1 Å². The van der Waals surface area contributed by atoms with Gasteiger partial charge >= 0.3 is 6.36 Å². The molecule has 1 N–H and O–H groups in total. The molecule has 0 spiro atoms. The Kier molecular flexibility index (Phi) is 5.53. The van der Waals surface area contributed by atoms with Crippen molar-refractivity contribution in [3.8, 4) is 5.75 Å². The van der Waals surface area contributed by atoms with Crippen LogP contribution in [0.4, 0.5) is 13.2 Å². The number of amides is 1. The molecule has 0 aliphatic heterocycles. The summed E-state index contributed by atoms with van der Waals surface area (Å²) in [7, 11) is 0. The van der Waals surface area contributed by atoms with Crippen molar-refractivity contribution in [1.82, 2.24) is 15.1 Å². The van der Waals surface area contributed by atoms with Crippen LogP contribution in [0.3, 0.4) is 0 Å². The molecule has 5 nitrogen and oxygen atoms in total. The van der Waals surface area contributed by atoms with E-state index in [-0.39, 0.29) is 24.7 Å². The van der Waals surface area contributed by atoms with Crippen molar-refractivity contribution in [3.63, 3.8) is 0 Å². The highest BCUT2D eigenvalue weighted by molar-refractivity contribution is 9.10. The second-order valence-corrected chi connectivity index (χ2v) is 5.90. The van der Waals surface area contributed by atoms with Crippen LogP contribution in [0.5, 0.6) is 5.75 Å². The highest BCUT2D eigenvalue weighted by Crippen LogP contribution is 2.22. The first kappa shape index (κ1) is 18.3. The number of nitrogens with one attached hydrogen (secondary N) is 1. The highest BCUT2D eigenvalue weighted by atomic mass is 79.9. The summed E-state index contributed by atoms with van der Waals surface area (Å²) in [6.07, 6.45) is -4.72. The highest BCUT2D eigenvalue weighted by Gasteiger charge is 2.30. The number of carbonyl (C=O) groups is 1. The van der Waals surface area contributed by atoms with E-state index in [0.29, 0.717) is 5.56 Å². The molecule has 130 valence electrons. The maximum atomic E-state index is 12.1. The third-order valence-corrected chi connectivity index (χ3v) is 4.38.